The van der Waals surface area contributed by atoms with E-state index in [2.05, 4.69) is 29.9 Å². The van der Waals surface area contributed by atoms with E-state index in [1.807, 2.05) is 56.3 Å². The summed E-state index contributed by atoms with van der Waals surface area (Å²) in [4.78, 5) is 38.6. The van der Waals surface area contributed by atoms with Crippen molar-refractivity contribution >= 4 is 19.8 Å². The van der Waals surface area contributed by atoms with Crippen LogP contribution in [-0.4, -0.2) is 48.9 Å². The van der Waals surface area contributed by atoms with Crippen molar-refractivity contribution in [2.75, 3.05) is 13.1 Å². The van der Waals surface area contributed by atoms with Gasteiger partial charge in [-0.2, -0.15) is 0 Å². The summed E-state index contributed by atoms with van der Waals surface area (Å²) in [6, 6.07) is 21.9. The molecule has 10 nitrogen and oxygen atoms in total. The van der Waals surface area contributed by atoms with Crippen LogP contribution in [0, 0.1) is 13.8 Å². The van der Waals surface area contributed by atoms with E-state index in [0.717, 1.165) is 35.3 Å². The Morgan fingerprint density at radius 2 is 1.36 bits per heavy atom. The summed E-state index contributed by atoms with van der Waals surface area (Å²) in [6.45, 7) is 9.39. The van der Waals surface area contributed by atoms with Crippen LogP contribution in [-0.2, 0) is 10.7 Å². The normalized spacial score (nSPS) is 12.6. The van der Waals surface area contributed by atoms with Gasteiger partial charge in [0.2, 0.25) is 11.8 Å². The topological polar surface area (TPSA) is 142 Å². The summed E-state index contributed by atoms with van der Waals surface area (Å²) in [5, 5.41) is 8.99. The molecule has 0 atom stereocenters. The van der Waals surface area contributed by atoms with Crippen molar-refractivity contribution in [1.82, 2.24) is 14.9 Å². The van der Waals surface area contributed by atoms with Crippen LogP contribution in [0.3, 0.4) is 0 Å². The fourth-order valence-corrected chi connectivity index (χ4v) is 4.92. The largest absolute Gasteiger partial charge is 0.465 e. The van der Waals surface area contributed by atoms with Crippen LogP contribution < -0.4 is 9.47 Å². The standard InChI is InChI=1S/C19H20N2O3.C13H14NO4P.C4H10/c1-14-5-6-18(20-13-14)24-17-4-2-3-16(12-17)11-15-7-9-21(10-8-15)19(22)23;1-10-5-6-13(14-8-10)18-12-4-2-3-11(7-12)9-19(15,16)17;1-3-4-2/h2-6,11-13H,7-10H2,1H3,(H,22,23);2-8H,9H2,1H3,(H2,15,16,17);3-4H2,1-2H3. The first kappa shape index (κ1) is 37.0. The molecule has 0 spiro atoms. The quantitative estimate of drug-likeness (QED) is 0.158. The van der Waals surface area contributed by atoms with Gasteiger partial charge >= 0.3 is 13.7 Å². The van der Waals surface area contributed by atoms with Crippen molar-refractivity contribution in [3.8, 4) is 23.3 Å². The molecule has 11 heteroatoms. The molecule has 1 aliphatic heterocycles. The van der Waals surface area contributed by atoms with E-state index >= 15 is 0 Å². The number of piperidine rings is 1. The summed E-state index contributed by atoms with van der Waals surface area (Å²) in [7, 11) is -4.07. The minimum absolute atomic E-state index is 0.300. The minimum atomic E-state index is -4.07. The molecule has 0 bridgehead atoms. The number of amides is 1. The molecule has 1 fully saturated rings. The zero-order chi connectivity index (χ0) is 34.2. The second kappa shape index (κ2) is 18.6. The lowest BCUT2D eigenvalue weighted by Crippen LogP contribution is -2.35. The van der Waals surface area contributed by atoms with Crippen LogP contribution in [0.15, 0.2) is 90.8 Å². The number of aromatic nitrogens is 2. The van der Waals surface area contributed by atoms with Gasteiger partial charge in [-0.1, -0.05) is 74.7 Å². The molecular weight excluding hydrogens is 617 g/mol. The molecule has 0 saturated carbocycles. The van der Waals surface area contributed by atoms with Gasteiger partial charge in [0.15, 0.2) is 0 Å². The fourth-order valence-electron chi connectivity index (χ4n) is 4.25. The Bertz CT molecular complexity index is 1630. The molecule has 2 aromatic heterocycles. The van der Waals surface area contributed by atoms with E-state index in [4.69, 9.17) is 24.4 Å². The molecule has 0 unspecified atom stereocenters. The number of likely N-dealkylation sites (tertiary alicyclic amines) is 1. The third-order valence-corrected chi connectivity index (χ3v) is 7.68. The minimum Gasteiger partial charge on any atom is -0.465 e. The van der Waals surface area contributed by atoms with E-state index in [-0.39, 0.29) is 6.16 Å². The first-order valence-electron chi connectivity index (χ1n) is 15.6. The lowest BCUT2D eigenvalue weighted by molar-refractivity contribution is 0.142. The van der Waals surface area contributed by atoms with Crippen molar-refractivity contribution in [3.05, 3.63) is 113 Å². The number of unbranched alkanes of at least 4 members (excludes halogenated alkanes) is 1. The smallest absolute Gasteiger partial charge is 0.407 e. The molecule has 4 aromatic rings. The summed E-state index contributed by atoms with van der Waals surface area (Å²) >= 11 is 0. The maximum absolute atomic E-state index is 10.9. The number of carbonyl (C=O) groups is 1. The van der Waals surface area contributed by atoms with Crippen LogP contribution in [0.4, 0.5) is 4.79 Å². The highest BCUT2D eigenvalue weighted by molar-refractivity contribution is 7.50. The predicted octanol–water partition coefficient (Wildman–Crippen LogP) is 9.01. The average Bonchev–Trinajstić information content (AvgIpc) is 3.04. The SMILES string of the molecule is CCCC.Cc1ccc(Oc2cccc(C=C3CCN(C(=O)O)CC3)c2)nc1.Cc1ccc(Oc2cccc(CP(=O)(O)O)c2)nc1. The highest BCUT2D eigenvalue weighted by Gasteiger charge is 2.18. The number of ether oxygens (including phenoxy) is 2. The van der Waals surface area contributed by atoms with Gasteiger partial charge in [0.25, 0.3) is 0 Å². The monoisotopic (exact) mass is 661 g/mol. The molecule has 0 aliphatic carbocycles. The van der Waals surface area contributed by atoms with E-state index in [9.17, 15) is 9.36 Å². The predicted molar refractivity (Wildman–Crippen MR) is 184 cm³/mol. The molecule has 47 heavy (non-hydrogen) atoms. The number of carboxylic acid groups (broad SMARTS) is 1. The molecule has 1 amide bonds. The number of hydrogen-bond acceptors (Lipinski definition) is 6. The zero-order valence-electron chi connectivity index (χ0n) is 27.4. The lowest BCUT2D eigenvalue weighted by Gasteiger charge is -2.25. The van der Waals surface area contributed by atoms with Crippen LogP contribution in [0.2, 0.25) is 0 Å². The second-order valence-electron chi connectivity index (χ2n) is 11.2. The van der Waals surface area contributed by atoms with Crippen LogP contribution in [0.1, 0.15) is 61.8 Å². The molecule has 250 valence electrons. The van der Waals surface area contributed by atoms with Gasteiger partial charge in [-0.3, -0.25) is 4.57 Å². The lowest BCUT2D eigenvalue weighted by atomic mass is 10.0. The van der Waals surface area contributed by atoms with Gasteiger partial charge in [-0.25, -0.2) is 14.8 Å². The third-order valence-electron chi connectivity index (χ3n) is 6.91. The van der Waals surface area contributed by atoms with E-state index in [0.29, 0.717) is 36.2 Å². The van der Waals surface area contributed by atoms with Crippen LogP contribution >= 0.6 is 7.60 Å². The van der Waals surface area contributed by atoms with E-state index in [1.54, 1.807) is 42.7 Å². The Kier molecular flexibility index (Phi) is 14.6. The number of pyridine rings is 2. The Morgan fingerprint density at radius 3 is 1.83 bits per heavy atom. The number of aryl methyl sites for hydroxylation is 2. The van der Waals surface area contributed by atoms with Gasteiger partial charge in [-0.05, 0) is 73.2 Å². The maximum atomic E-state index is 10.9. The number of rotatable bonds is 8. The van der Waals surface area contributed by atoms with Gasteiger partial charge in [0.05, 0.1) is 6.16 Å². The molecule has 5 rings (SSSR count). The molecule has 0 radical (unpaired) electrons. The van der Waals surface area contributed by atoms with Crippen molar-refractivity contribution < 1.29 is 33.7 Å². The number of hydrogen-bond donors (Lipinski definition) is 3. The van der Waals surface area contributed by atoms with Crippen LogP contribution in [0.25, 0.3) is 6.08 Å². The Balaban J connectivity index is 0.000000235. The molecular formula is C36H44N3O7P. The molecule has 1 saturated heterocycles. The third kappa shape index (κ3) is 14.2. The fraction of sp³-hybridized carbons (Fsp3) is 0.306. The van der Waals surface area contributed by atoms with Crippen LogP contribution in [0.5, 0.6) is 23.3 Å². The first-order valence-corrected chi connectivity index (χ1v) is 17.4. The van der Waals surface area contributed by atoms with E-state index < -0.39 is 13.7 Å². The Hall–Kier alpha value is -4.50. The Morgan fingerprint density at radius 1 is 0.830 bits per heavy atom. The first-order chi connectivity index (χ1) is 22.4. The summed E-state index contributed by atoms with van der Waals surface area (Å²) in [5.41, 5.74) is 4.96. The van der Waals surface area contributed by atoms with Crippen molar-refractivity contribution in [2.45, 2.75) is 59.5 Å². The van der Waals surface area contributed by atoms with Crippen molar-refractivity contribution in [1.29, 1.82) is 0 Å². The summed E-state index contributed by atoms with van der Waals surface area (Å²) in [6.07, 6.45) is 8.63. The van der Waals surface area contributed by atoms with Crippen molar-refractivity contribution in [2.24, 2.45) is 0 Å². The highest BCUT2D eigenvalue weighted by Crippen LogP contribution is 2.39. The zero-order valence-corrected chi connectivity index (χ0v) is 28.3. The Labute approximate surface area is 276 Å². The van der Waals surface area contributed by atoms with Gasteiger partial charge in [0, 0.05) is 37.6 Å². The van der Waals surface area contributed by atoms with Crippen molar-refractivity contribution in [3.63, 3.8) is 0 Å². The summed E-state index contributed by atoms with van der Waals surface area (Å²) < 4.78 is 22.3. The second-order valence-corrected chi connectivity index (χ2v) is 12.8. The molecule has 2 aromatic carbocycles. The van der Waals surface area contributed by atoms with Gasteiger partial charge in [0.1, 0.15) is 11.5 Å². The summed E-state index contributed by atoms with van der Waals surface area (Å²) in [5.74, 6) is 2.25. The highest BCUT2D eigenvalue weighted by atomic mass is 31.2. The number of nitrogens with zero attached hydrogens (tertiary/aromatic N) is 3. The molecule has 3 N–H and O–H groups in total. The van der Waals surface area contributed by atoms with Gasteiger partial charge < -0.3 is 29.3 Å². The molecule has 3 heterocycles. The number of benzene rings is 2. The van der Waals surface area contributed by atoms with Gasteiger partial charge in [-0.15, -0.1) is 0 Å². The van der Waals surface area contributed by atoms with E-state index in [1.165, 1.54) is 23.3 Å². The molecule has 1 aliphatic rings. The maximum Gasteiger partial charge on any atom is 0.407 e. The average molecular weight is 662 g/mol.